The number of nitrogens with one attached hydrogen (secondary N) is 1. The quantitative estimate of drug-likeness (QED) is 0.335. The van der Waals surface area contributed by atoms with Crippen LogP contribution in [0.5, 0.6) is 0 Å². The zero-order valence-electron chi connectivity index (χ0n) is 11.6. The number of rotatable bonds is 5. The molecule has 1 atom stereocenters. The lowest BCUT2D eigenvalue weighted by atomic mass is 10.1. The molecule has 2 rings (SSSR count). The summed E-state index contributed by atoms with van der Waals surface area (Å²) in [6.45, 7) is 2.78. The maximum atomic E-state index is 8.67. The Bertz CT molecular complexity index is 628. The van der Waals surface area contributed by atoms with Crippen LogP contribution in [0.2, 0.25) is 0 Å². The topological polar surface area (TPSA) is 83.5 Å². The third-order valence-electron chi connectivity index (χ3n) is 3.18. The molecule has 21 heavy (non-hydrogen) atoms. The molecule has 1 aromatic heterocycles. The van der Waals surface area contributed by atoms with Crippen LogP contribution < -0.4 is 11.1 Å². The van der Waals surface area contributed by atoms with E-state index >= 15 is 0 Å². The van der Waals surface area contributed by atoms with Crippen LogP contribution in [0.4, 0.5) is 0 Å². The van der Waals surface area contributed by atoms with Crippen molar-refractivity contribution < 1.29 is 5.21 Å². The van der Waals surface area contributed by atoms with Crippen molar-refractivity contribution in [3.05, 3.63) is 63.9 Å². The lowest BCUT2D eigenvalue weighted by Crippen LogP contribution is -2.19. The predicted molar refractivity (Wildman–Crippen MR) is 86.1 cm³/mol. The lowest BCUT2D eigenvalue weighted by molar-refractivity contribution is 0.318. The first-order chi connectivity index (χ1) is 10.1. The van der Waals surface area contributed by atoms with Crippen LogP contribution in [-0.2, 0) is 6.54 Å². The van der Waals surface area contributed by atoms with Crippen molar-refractivity contribution in [3.8, 4) is 0 Å². The van der Waals surface area contributed by atoms with E-state index in [2.05, 4.69) is 50.4 Å². The Morgan fingerprint density at radius 2 is 2.10 bits per heavy atom. The van der Waals surface area contributed by atoms with E-state index in [1.807, 2.05) is 18.2 Å². The molecule has 110 valence electrons. The van der Waals surface area contributed by atoms with E-state index < -0.39 is 0 Å². The highest BCUT2D eigenvalue weighted by Crippen LogP contribution is 2.17. The maximum Gasteiger partial charge on any atom is 0.188 e. The standard InChI is InChI=1S/C15H17BrN4O/c1-10(12-2-4-13(16)5-3-12)19-9-11-6-7-18-14(8-11)15(17)20-21/h2-8,10,19,21H,9H2,1H3,(H2,17,20)/t10-/m1/s1. The van der Waals surface area contributed by atoms with Crippen LogP contribution >= 0.6 is 15.9 Å². The van der Waals surface area contributed by atoms with Gasteiger partial charge >= 0.3 is 0 Å². The zero-order valence-corrected chi connectivity index (χ0v) is 13.2. The predicted octanol–water partition coefficient (Wildman–Crippen LogP) is 2.79. The largest absolute Gasteiger partial charge is 0.409 e. The van der Waals surface area contributed by atoms with Gasteiger partial charge in [0.15, 0.2) is 5.84 Å². The van der Waals surface area contributed by atoms with Crippen LogP contribution in [0.1, 0.15) is 29.8 Å². The minimum Gasteiger partial charge on any atom is -0.409 e. The summed E-state index contributed by atoms with van der Waals surface area (Å²) in [4.78, 5) is 4.06. The summed E-state index contributed by atoms with van der Waals surface area (Å²) >= 11 is 3.43. The number of oxime groups is 1. The summed E-state index contributed by atoms with van der Waals surface area (Å²) in [6.07, 6.45) is 1.65. The van der Waals surface area contributed by atoms with Crippen LogP contribution in [0.25, 0.3) is 0 Å². The number of amidine groups is 1. The van der Waals surface area contributed by atoms with Gasteiger partial charge in [-0.1, -0.05) is 33.2 Å². The molecule has 0 saturated carbocycles. The van der Waals surface area contributed by atoms with E-state index in [-0.39, 0.29) is 11.9 Å². The molecular formula is C15H17BrN4O. The number of nitrogens with two attached hydrogens (primary N) is 1. The fraction of sp³-hybridized carbons (Fsp3) is 0.200. The lowest BCUT2D eigenvalue weighted by Gasteiger charge is -2.14. The second-order valence-corrected chi connectivity index (χ2v) is 5.60. The molecule has 0 bridgehead atoms. The second-order valence-electron chi connectivity index (χ2n) is 4.69. The average Bonchev–Trinajstić information content (AvgIpc) is 2.52. The molecular weight excluding hydrogens is 332 g/mol. The van der Waals surface area contributed by atoms with Crippen molar-refractivity contribution in [2.45, 2.75) is 19.5 Å². The minimum atomic E-state index is 0.0119. The number of nitrogens with zero attached hydrogens (tertiary/aromatic N) is 2. The molecule has 0 unspecified atom stereocenters. The first kappa shape index (κ1) is 15.5. The highest BCUT2D eigenvalue weighted by atomic mass is 79.9. The Labute approximate surface area is 132 Å². The van der Waals surface area contributed by atoms with Crippen molar-refractivity contribution in [3.63, 3.8) is 0 Å². The third-order valence-corrected chi connectivity index (χ3v) is 3.71. The van der Waals surface area contributed by atoms with Crippen LogP contribution in [0.3, 0.4) is 0 Å². The van der Waals surface area contributed by atoms with Crippen LogP contribution in [0.15, 0.2) is 52.2 Å². The molecule has 2 aromatic rings. The van der Waals surface area contributed by atoms with Gasteiger partial charge in [-0.2, -0.15) is 0 Å². The molecule has 1 heterocycles. The molecule has 4 N–H and O–H groups in total. The molecule has 0 fully saturated rings. The van der Waals surface area contributed by atoms with Gasteiger partial charge < -0.3 is 16.3 Å². The Morgan fingerprint density at radius 1 is 1.38 bits per heavy atom. The smallest absolute Gasteiger partial charge is 0.188 e. The van der Waals surface area contributed by atoms with Crippen molar-refractivity contribution in [2.75, 3.05) is 0 Å². The van der Waals surface area contributed by atoms with Gasteiger partial charge in [0.1, 0.15) is 5.69 Å². The SMILES string of the molecule is C[C@@H](NCc1ccnc(/C(N)=N/O)c1)c1ccc(Br)cc1. The van der Waals surface area contributed by atoms with Crippen LogP contribution in [-0.4, -0.2) is 16.0 Å². The Hall–Kier alpha value is -1.92. The molecule has 0 amide bonds. The van der Waals surface area contributed by atoms with E-state index in [0.717, 1.165) is 10.0 Å². The van der Waals surface area contributed by atoms with Gasteiger partial charge in [-0.3, -0.25) is 4.98 Å². The monoisotopic (exact) mass is 348 g/mol. The summed E-state index contributed by atoms with van der Waals surface area (Å²) in [6, 6.07) is 12.1. The maximum absolute atomic E-state index is 8.67. The zero-order chi connectivity index (χ0) is 15.2. The first-order valence-corrected chi connectivity index (χ1v) is 7.31. The number of benzene rings is 1. The van der Waals surface area contributed by atoms with Crippen LogP contribution in [0, 0.1) is 0 Å². The Kier molecular flexibility index (Phi) is 5.30. The number of hydrogen-bond acceptors (Lipinski definition) is 4. The van der Waals surface area contributed by atoms with E-state index in [9.17, 15) is 0 Å². The summed E-state index contributed by atoms with van der Waals surface area (Å²) < 4.78 is 1.07. The second kappa shape index (κ2) is 7.19. The summed E-state index contributed by atoms with van der Waals surface area (Å²) in [7, 11) is 0. The molecule has 1 aromatic carbocycles. The van der Waals surface area contributed by atoms with E-state index in [4.69, 9.17) is 10.9 Å². The summed E-state index contributed by atoms with van der Waals surface area (Å²) in [5.74, 6) is 0.0119. The molecule has 6 heteroatoms. The molecule has 0 spiro atoms. The molecule has 5 nitrogen and oxygen atoms in total. The molecule has 0 aliphatic rings. The third kappa shape index (κ3) is 4.27. The van der Waals surface area contributed by atoms with Gasteiger partial charge in [-0.05, 0) is 42.3 Å². The van der Waals surface area contributed by atoms with Gasteiger partial charge in [0, 0.05) is 23.3 Å². The van der Waals surface area contributed by atoms with E-state index in [0.29, 0.717) is 12.2 Å². The van der Waals surface area contributed by atoms with E-state index in [1.165, 1.54) is 5.56 Å². The first-order valence-electron chi connectivity index (χ1n) is 6.52. The van der Waals surface area contributed by atoms with Crippen molar-refractivity contribution in [1.29, 1.82) is 0 Å². The Balaban J connectivity index is 2.01. The number of pyridine rings is 1. The van der Waals surface area contributed by atoms with E-state index in [1.54, 1.807) is 12.3 Å². The van der Waals surface area contributed by atoms with Gasteiger partial charge in [-0.25, -0.2) is 0 Å². The average molecular weight is 349 g/mol. The number of hydrogen-bond donors (Lipinski definition) is 3. The highest BCUT2D eigenvalue weighted by molar-refractivity contribution is 9.10. The normalized spacial score (nSPS) is 13.1. The Morgan fingerprint density at radius 3 is 2.76 bits per heavy atom. The van der Waals surface area contributed by atoms with Crippen molar-refractivity contribution in [1.82, 2.24) is 10.3 Å². The van der Waals surface area contributed by atoms with Gasteiger partial charge in [0.2, 0.25) is 0 Å². The molecule has 0 aliphatic heterocycles. The fourth-order valence-electron chi connectivity index (χ4n) is 1.92. The number of halogens is 1. The summed E-state index contributed by atoms with van der Waals surface area (Å²) in [5, 5.41) is 15.1. The van der Waals surface area contributed by atoms with Gasteiger partial charge in [-0.15, -0.1) is 0 Å². The molecule has 0 radical (unpaired) electrons. The van der Waals surface area contributed by atoms with Gasteiger partial charge in [0.05, 0.1) is 0 Å². The molecule has 0 saturated heterocycles. The van der Waals surface area contributed by atoms with Gasteiger partial charge in [0.25, 0.3) is 0 Å². The summed E-state index contributed by atoms with van der Waals surface area (Å²) in [5.41, 5.74) is 8.24. The fourth-order valence-corrected chi connectivity index (χ4v) is 2.18. The van der Waals surface area contributed by atoms with Crippen molar-refractivity contribution >= 4 is 21.8 Å². The highest BCUT2D eigenvalue weighted by Gasteiger charge is 2.06. The molecule has 0 aliphatic carbocycles. The number of aromatic nitrogens is 1. The minimum absolute atomic E-state index is 0.0119. The van der Waals surface area contributed by atoms with Crippen molar-refractivity contribution in [2.24, 2.45) is 10.9 Å².